The Balaban J connectivity index is 1.12. The van der Waals surface area contributed by atoms with Crippen LogP contribution in [0.2, 0.25) is 0 Å². The zero-order chi connectivity index (χ0) is 30.3. The van der Waals surface area contributed by atoms with Gasteiger partial charge in [0.05, 0.1) is 5.69 Å². The van der Waals surface area contributed by atoms with Crippen molar-refractivity contribution in [1.29, 1.82) is 0 Å². The van der Waals surface area contributed by atoms with Gasteiger partial charge in [0.2, 0.25) is 5.95 Å². The molecule has 1 fully saturated rings. The van der Waals surface area contributed by atoms with Gasteiger partial charge >= 0.3 is 0 Å². The number of anilines is 1. The summed E-state index contributed by atoms with van der Waals surface area (Å²) < 4.78 is 0. The van der Waals surface area contributed by atoms with Gasteiger partial charge in [-0.2, -0.15) is 5.10 Å². The number of rotatable bonds is 11. The normalized spacial score (nSPS) is 14.3. The lowest BCUT2D eigenvalue weighted by Gasteiger charge is -2.31. The molecule has 2 aromatic carbocycles. The predicted octanol–water partition coefficient (Wildman–Crippen LogP) is 5.76. The molecule has 0 saturated carbocycles. The van der Waals surface area contributed by atoms with E-state index in [1.807, 2.05) is 30.5 Å². The Morgan fingerprint density at radius 2 is 1.59 bits per heavy atom. The van der Waals surface area contributed by atoms with Crippen LogP contribution in [0.5, 0.6) is 0 Å². The van der Waals surface area contributed by atoms with Gasteiger partial charge < -0.3 is 9.80 Å². The van der Waals surface area contributed by atoms with Gasteiger partial charge in [-0.05, 0) is 76.3 Å². The van der Waals surface area contributed by atoms with E-state index in [-0.39, 0.29) is 0 Å². The molecule has 44 heavy (non-hydrogen) atoms. The molecule has 9 heteroatoms. The molecule has 9 nitrogen and oxygen atoms in total. The molecule has 1 saturated heterocycles. The van der Waals surface area contributed by atoms with E-state index in [2.05, 4.69) is 99.6 Å². The number of nitrogens with zero attached hydrogens (tertiary/aromatic N) is 8. The maximum absolute atomic E-state index is 5.09. The van der Waals surface area contributed by atoms with Crippen molar-refractivity contribution in [3.63, 3.8) is 0 Å². The lowest BCUT2D eigenvalue weighted by Crippen LogP contribution is -2.32. The Morgan fingerprint density at radius 1 is 0.818 bits per heavy atom. The summed E-state index contributed by atoms with van der Waals surface area (Å²) in [6.07, 6.45) is 6.92. The van der Waals surface area contributed by atoms with Crippen LogP contribution in [0.15, 0.2) is 85.2 Å². The highest BCUT2D eigenvalue weighted by Gasteiger charge is 2.24. The van der Waals surface area contributed by atoms with Crippen molar-refractivity contribution in [3.8, 4) is 33.9 Å². The molecule has 1 aliphatic rings. The van der Waals surface area contributed by atoms with Crippen molar-refractivity contribution in [1.82, 2.24) is 39.9 Å². The number of piperidine rings is 1. The molecule has 0 amide bonds. The third-order valence-corrected chi connectivity index (χ3v) is 8.31. The smallest absolute Gasteiger partial charge is 0.225 e. The van der Waals surface area contributed by atoms with Crippen molar-refractivity contribution in [2.75, 3.05) is 52.2 Å². The number of pyridine rings is 1. The zero-order valence-electron chi connectivity index (χ0n) is 25.9. The van der Waals surface area contributed by atoms with Crippen LogP contribution in [0.1, 0.15) is 36.6 Å². The van der Waals surface area contributed by atoms with Crippen LogP contribution in [0.4, 0.5) is 5.95 Å². The fraction of sp³-hybridized carbons (Fsp3) is 0.343. The van der Waals surface area contributed by atoms with Crippen LogP contribution >= 0.6 is 0 Å². The number of H-pyrrole nitrogens is 1. The van der Waals surface area contributed by atoms with E-state index >= 15 is 0 Å². The van der Waals surface area contributed by atoms with Crippen LogP contribution in [0.25, 0.3) is 33.9 Å². The number of hydrogen-bond acceptors (Lipinski definition) is 8. The summed E-state index contributed by atoms with van der Waals surface area (Å²) in [6, 6.07) is 25.1. The molecule has 0 unspecified atom stereocenters. The summed E-state index contributed by atoms with van der Waals surface area (Å²) in [5.41, 5.74) is 6.34. The second-order valence-corrected chi connectivity index (χ2v) is 11.9. The topological polar surface area (TPSA) is 90.0 Å². The molecule has 3 aromatic heterocycles. The van der Waals surface area contributed by atoms with Gasteiger partial charge in [0.1, 0.15) is 11.5 Å². The van der Waals surface area contributed by atoms with Gasteiger partial charge in [-0.15, -0.1) is 0 Å². The first-order valence-corrected chi connectivity index (χ1v) is 15.5. The van der Waals surface area contributed by atoms with Crippen molar-refractivity contribution < 1.29 is 0 Å². The molecule has 0 spiro atoms. The Hall–Kier alpha value is -4.47. The van der Waals surface area contributed by atoms with E-state index in [0.29, 0.717) is 11.7 Å². The summed E-state index contributed by atoms with van der Waals surface area (Å²) in [6.45, 7) is 4.92. The van der Waals surface area contributed by atoms with E-state index in [1.54, 1.807) is 6.20 Å². The van der Waals surface area contributed by atoms with E-state index in [4.69, 9.17) is 15.0 Å². The average molecular weight is 588 g/mol. The first-order chi connectivity index (χ1) is 21.5. The van der Waals surface area contributed by atoms with Crippen LogP contribution in [0, 0.1) is 0 Å². The third-order valence-electron chi connectivity index (χ3n) is 8.31. The molecule has 4 heterocycles. The third kappa shape index (κ3) is 7.18. The van der Waals surface area contributed by atoms with Gasteiger partial charge in [0, 0.05) is 49.6 Å². The SMILES string of the molecule is CN(C)CCCN(C)c1ncc(-c2ccccc2)c(-c2ccc(CN3CCC(c4nc(-c5ccccn5)n[nH]4)CC3)cc2)n1. The molecular weight excluding hydrogens is 546 g/mol. The highest BCUT2D eigenvalue weighted by Crippen LogP contribution is 2.32. The highest BCUT2D eigenvalue weighted by molar-refractivity contribution is 5.81. The Morgan fingerprint density at radius 3 is 2.32 bits per heavy atom. The van der Waals surface area contributed by atoms with Crippen molar-refractivity contribution >= 4 is 5.95 Å². The second-order valence-electron chi connectivity index (χ2n) is 11.9. The molecule has 0 bridgehead atoms. The van der Waals surface area contributed by atoms with Crippen LogP contribution in [0.3, 0.4) is 0 Å². The monoisotopic (exact) mass is 587 g/mol. The van der Waals surface area contributed by atoms with E-state index in [9.17, 15) is 0 Å². The number of aromatic amines is 1. The van der Waals surface area contributed by atoms with Crippen molar-refractivity contribution in [3.05, 3.63) is 96.6 Å². The lowest BCUT2D eigenvalue weighted by atomic mass is 9.95. The summed E-state index contributed by atoms with van der Waals surface area (Å²) in [4.78, 5) is 25.9. The molecule has 0 aliphatic carbocycles. The van der Waals surface area contributed by atoms with Crippen molar-refractivity contribution in [2.45, 2.75) is 31.7 Å². The Kier molecular flexibility index (Phi) is 9.34. The number of hydrogen-bond donors (Lipinski definition) is 1. The summed E-state index contributed by atoms with van der Waals surface area (Å²) in [5, 5.41) is 7.58. The quantitative estimate of drug-likeness (QED) is 0.209. The van der Waals surface area contributed by atoms with Crippen LogP contribution in [-0.4, -0.2) is 87.3 Å². The molecule has 1 N–H and O–H groups in total. The zero-order valence-corrected chi connectivity index (χ0v) is 25.9. The van der Waals surface area contributed by atoms with E-state index in [1.165, 1.54) is 5.56 Å². The number of aromatic nitrogens is 6. The Labute approximate surface area is 260 Å². The van der Waals surface area contributed by atoms with E-state index < -0.39 is 0 Å². The summed E-state index contributed by atoms with van der Waals surface area (Å²) in [5.74, 6) is 2.79. The largest absolute Gasteiger partial charge is 0.344 e. The summed E-state index contributed by atoms with van der Waals surface area (Å²) >= 11 is 0. The number of likely N-dealkylation sites (tertiary alicyclic amines) is 1. The standard InChI is InChI=1S/C35H41N9/c1-42(2)20-9-21-43(3)35-37-24-30(27-10-5-4-6-11-27)32(38-35)28-15-13-26(14-16-28)25-44-22-17-29(18-23-44)33-39-34(41-40-33)31-12-7-8-19-36-31/h4-8,10-16,19,24,29H,9,17-18,20-23,25H2,1-3H3,(H,39,40,41). The number of benzene rings is 2. The second kappa shape index (κ2) is 13.9. The van der Waals surface area contributed by atoms with Gasteiger partial charge in [0.25, 0.3) is 0 Å². The fourth-order valence-corrected chi connectivity index (χ4v) is 5.79. The van der Waals surface area contributed by atoms with Crippen LogP contribution in [-0.2, 0) is 6.54 Å². The van der Waals surface area contributed by atoms with E-state index in [0.717, 1.165) is 91.8 Å². The first kappa shape index (κ1) is 29.6. The molecule has 6 rings (SSSR count). The van der Waals surface area contributed by atoms with Gasteiger partial charge in [-0.1, -0.05) is 60.7 Å². The summed E-state index contributed by atoms with van der Waals surface area (Å²) in [7, 11) is 6.28. The molecule has 0 atom stereocenters. The highest BCUT2D eigenvalue weighted by atomic mass is 15.2. The average Bonchev–Trinajstić information content (AvgIpc) is 3.56. The van der Waals surface area contributed by atoms with Gasteiger partial charge in [-0.3, -0.25) is 15.0 Å². The molecule has 5 aromatic rings. The molecule has 226 valence electrons. The van der Waals surface area contributed by atoms with Gasteiger partial charge in [0.15, 0.2) is 5.82 Å². The van der Waals surface area contributed by atoms with Gasteiger partial charge in [-0.25, -0.2) is 15.0 Å². The Bertz CT molecular complexity index is 1610. The molecule has 1 aliphatic heterocycles. The minimum Gasteiger partial charge on any atom is -0.344 e. The maximum atomic E-state index is 5.09. The first-order valence-electron chi connectivity index (χ1n) is 15.5. The lowest BCUT2D eigenvalue weighted by molar-refractivity contribution is 0.202. The fourth-order valence-electron chi connectivity index (χ4n) is 5.79. The van der Waals surface area contributed by atoms with Crippen molar-refractivity contribution in [2.24, 2.45) is 0 Å². The molecular formula is C35H41N9. The predicted molar refractivity (Wildman–Crippen MR) is 176 cm³/mol. The molecule has 0 radical (unpaired) electrons. The minimum absolute atomic E-state index is 0.392. The minimum atomic E-state index is 0.392. The maximum Gasteiger partial charge on any atom is 0.225 e. The van der Waals surface area contributed by atoms with Crippen LogP contribution < -0.4 is 4.90 Å². The number of nitrogens with one attached hydrogen (secondary N) is 1.